The number of hydrogen-bond donors (Lipinski definition) is 0. The van der Waals surface area contributed by atoms with Crippen LogP contribution in [-0.2, 0) is 5.41 Å². The van der Waals surface area contributed by atoms with E-state index in [0.717, 1.165) is 0 Å². The van der Waals surface area contributed by atoms with Gasteiger partial charge in [-0.25, -0.2) is 0 Å². The van der Waals surface area contributed by atoms with Crippen molar-refractivity contribution in [2.45, 2.75) is 19.3 Å². The fraction of sp³-hybridized carbons (Fsp3) is 0.111. The molecule has 0 saturated heterocycles. The third-order valence-corrected chi connectivity index (χ3v) is 5.38. The summed E-state index contributed by atoms with van der Waals surface area (Å²) in [7, 11) is 0. The van der Waals surface area contributed by atoms with Crippen molar-refractivity contribution >= 4 is 0 Å². The lowest BCUT2D eigenvalue weighted by Gasteiger charge is -2.27. The standard InChI is InChI=1S/C27H24/c1-27(2,25-17-9-15-23(19-25)21-11-5-3-6-12-21)26-18-10-16-24(20-26)22-13-7-4-8-14-22/h3-20H,1-2H3. The van der Waals surface area contributed by atoms with Gasteiger partial charge in [0.15, 0.2) is 0 Å². The molecule has 0 bridgehead atoms. The van der Waals surface area contributed by atoms with Crippen molar-refractivity contribution < 1.29 is 0 Å². The van der Waals surface area contributed by atoms with E-state index < -0.39 is 0 Å². The second-order valence-electron chi connectivity index (χ2n) is 7.52. The summed E-state index contributed by atoms with van der Waals surface area (Å²) < 4.78 is 0. The fourth-order valence-corrected chi connectivity index (χ4v) is 3.60. The molecule has 0 aliphatic carbocycles. The van der Waals surface area contributed by atoms with Crippen LogP contribution in [0.4, 0.5) is 0 Å². The first-order valence-corrected chi connectivity index (χ1v) is 9.46. The van der Waals surface area contributed by atoms with Gasteiger partial charge in [0.1, 0.15) is 0 Å². The molecule has 0 aliphatic rings. The van der Waals surface area contributed by atoms with E-state index in [0.29, 0.717) is 0 Å². The Labute approximate surface area is 162 Å². The number of benzene rings is 4. The van der Waals surface area contributed by atoms with Crippen LogP contribution in [0.2, 0.25) is 0 Å². The van der Waals surface area contributed by atoms with Crippen molar-refractivity contribution in [2.75, 3.05) is 0 Å². The molecule has 27 heavy (non-hydrogen) atoms. The zero-order chi connectivity index (χ0) is 18.7. The van der Waals surface area contributed by atoms with Gasteiger partial charge < -0.3 is 0 Å². The minimum atomic E-state index is -0.0738. The van der Waals surface area contributed by atoms with Crippen LogP contribution >= 0.6 is 0 Å². The third kappa shape index (κ3) is 3.57. The van der Waals surface area contributed by atoms with E-state index in [2.05, 4.69) is 123 Å². The second kappa shape index (κ2) is 7.25. The predicted octanol–water partition coefficient (Wildman–Crippen LogP) is 7.35. The molecule has 0 aromatic heterocycles. The highest BCUT2D eigenvalue weighted by Crippen LogP contribution is 2.35. The first-order valence-electron chi connectivity index (χ1n) is 9.46. The lowest BCUT2D eigenvalue weighted by atomic mass is 9.76. The van der Waals surface area contributed by atoms with Gasteiger partial charge in [-0.1, -0.05) is 123 Å². The van der Waals surface area contributed by atoms with Crippen LogP contribution in [0.25, 0.3) is 22.3 Å². The minimum absolute atomic E-state index is 0.0738. The molecule has 0 N–H and O–H groups in total. The van der Waals surface area contributed by atoms with Gasteiger partial charge in [-0.05, 0) is 33.4 Å². The maximum absolute atomic E-state index is 2.32. The molecule has 0 aliphatic heterocycles. The van der Waals surface area contributed by atoms with E-state index in [1.165, 1.54) is 33.4 Å². The first-order chi connectivity index (χ1) is 13.1. The van der Waals surface area contributed by atoms with E-state index in [-0.39, 0.29) is 5.41 Å². The highest BCUT2D eigenvalue weighted by Gasteiger charge is 2.23. The van der Waals surface area contributed by atoms with Gasteiger partial charge in [-0.3, -0.25) is 0 Å². The smallest absolute Gasteiger partial charge is 0.0147 e. The summed E-state index contributed by atoms with van der Waals surface area (Å²) in [6.07, 6.45) is 0. The van der Waals surface area contributed by atoms with Crippen molar-refractivity contribution in [3.63, 3.8) is 0 Å². The average molecular weight is 348 g/mol. The highest BCUT2D eigenvalue weighted by atomic mass is 14.3. The van der Waals surface area contributed by atoms with Crippen molar-refractivity contribution in [3.05, 3.63) is 120 Å². The van der Waals surface area contributed by atoms with Crippen LogP contribution in [0, 0.1) is 0 Å². The monoisotopic (exact) mass is 348 g/mol. The SMILES string of the molecule is CC(C)(c1cccc(-c2ccccc2)c1)c1cccc(-c2ccccc2)c1. The molecule has 132 valence electrons. The summed E-state index contributed by atoms with van der Waals surface area (Å²) in [5.41, 5.74) is 7.63. The number of hydrogen-bond acceptors (Lipinski definition) is 0. The van der Waals surface area contributed by atoms with Gasteiger partial charge in [0.25, 0.3) is 0 Å². The Hall–Kier alpha value is -3.12. The molecule has 0 heterocycles. The molecular formula is C27H24. The normalized spacial score (nSPS) is 11.3. The lowest BCUT2D eigenvalue weighted by molar-refractivity contribution is 0.641. The Morgan fingerprint density at radius 1 is 0.407 bits per heavy atom. The van der Waals surface area contributed by atoms with Crippen LogP contribution in [0.3, 0.4) is 0 Å². The molecule has 0 nitrogen and oxygen atoms in total. The van der Waals surface area contributed by atoms with E-state index in [4.69, 9.17) is 0 Å². The van der Waals surface area contributed by atoms with Crippen LogP contribution in [0.5, 0.6) is 0 Å². The number of rotatable bonds is 4. The van der Waals surface area contributed by atoms with Gasteiger partial charge >= 0.3 is 0 Å². The summed E-state index contributed by atoms with van der Waals surface area (Å²) >= 11 is 0. The summed E-state index contributed by atoms with van der Waals surface area (Å²) in [4.78, 5) is 0. The molecule has 0 saturated carbocycles. The summed E-state index contributed by atoms with van der Waals surface area (Å²) in [6.45, 7) is 4.61. The zero-order valence-corrected chi connectivity index (χ0v) is 15.9. The fourth-order valence-electron chi connectivity index (χ4n) is 3.60. The van der Waals surface area contributed by atoms with Crippen LogP contribution < -0.4 is 0 Å². The highest BCUT2D eigenvalue weighted by molar-refractivity contribution is 5.67. The molecule has 0 heteroatoms. The molecule has 0 fully saturated rings. The quantitative estimate of drug-likeness (QED) is 0.362. The Morgan fingerprint density at radius 2 is 0.778 bits per heavy atom. The Balaban J connectivity index is 1.74. The molecule has 0 atom stereocenters. The van der Waals surface area contributed by atoms with Crippen LogP contribution in [-0.4, -0.2) is 0 Å². The van der Waals surface area contributed by atoms with Gasteiger partial charge in [-0.15, -0.1) is 0 Å². The maximum atomic E-state index is 2.32. The molecule has 0 radical (unpaired) electrons. The van der Waals surface area contributed by atoms with Crippen molar-refractivity contribution in [3.8, 4) is 22.3 Å². The van der Waals surface area contributed by atoms with Gasteiger partial charge in [0.05, 0.1) is 0 Å². The summed E-state index contributed by atoms with van der Waals surface area (Å²) in [6, 6.07) is 39.0. The predicted molar refractivity (Wildman–Crippen MR) is 116 cm³/mol. The largest absolute Gasteiger partial charge is 0.0622 e. The van der Waals surface area contributed by atoms with Gasteiger partial charge in [0, 0.05) is 5.41 Å². The molecule has 0 unspecified atom stereocenters. The Bertz CT molecular complexity index is 943. The molecule has 4 aromatic carbocycles. The molecule has 0 amide bonds. The molecule has 4 aromatic rings. The van der Waals surface area contributed by atoms with E-state index >= 15 is 0 Å². The Morgan fingerprint density at radius 3 is 1.19 bits per heavy atom. The summed E-state index contributed by atoms with van der Waals surface area (Å²) in [5.74, 6) is 0. The van der Waals surface area contributed by atoms with Gasteiger partial charge in [-0.2, -0.15) is 0 Å². The van der Waals surface area contributed by atoms with E-state index in [9.17, 15) is 0 Å². The third-order valence-electron chi connectivity index (χ3n) is 5.38. The lowest BCUT2D eigenvalue weighted by Crippen LogP contribution is -2.19. The van der Waals surface area contributed by atoms with Crippen molar-refractivity contribution in [1.82, 2.24) is 0 Å². The van der Waals surface area contributed by atoms with E-state index in [1.54, 1.807) is 0 Å². The van der Waals surface area contributed by atoms with Crippen molar-refractivity contribution in [1.29, 1.82) is 0 Å². The second-order valence-corrected chi connectivity index (χ2v) is 7.52. The van der Waals surface area contributed by atoms with E-state index in [1.807, 2.05) is 0 Å². The Kier molecular flexibility index (Phi) is 4.64. The van der Waals surface area contributed by atoms with Crippen molar-refractivity contribution in [2.24, 2.45) is 0 Å². The van der Waals surface area contributed by atoms with Crippen LogP contribution in [0.15, 0.2) is 109 Å². The topological polar surface area (TPSA) is 0 Å². The summed E-state index contributed by atoms with van der Waals surface area (Å²) in [5, 5.41) is 0. The molecule has 4 rings (SSSR count). The zero-order valence-electron chi connectivity index (χ0n) is 15.9. The minimum Gasteiger partial charge on any atom is -0.0622 e. The maximum Gasteiger partial charge on any atom is 0.0147 e. The van der Waals surface area contributed by atoms with Crippen LogP contribution in [0.1, 0.15) is 25.0 Å². The molecular weight excluding hydrogens is 324 g/mol. The van der Waals surface area contributed by atoms with Gasteiger partial charge in [0.2, 0.25) is 0 Å². The average Bonchev–Trinajstić information content (AvgIpc) is 2.75. The first kappa shape index (κ1) is 17.3. The molecule has 0 spiro atoms.